The Morgan fingerprint density at radius 1 is 1.36 bits per heavy atom. The van der Waals surface area contributed by atoms with Crippen molar-refractivity contribution in [3.63, 3.8) is 0 Å². The Bertz CT molecular complexity index is 736. The monoisotopic (exact) mass is 302 g/mol. The van der Waals surface area contributed by atoms with Gasteiger partial charge in [-0.1, -0.05) is 0 Å². The summed E-state index contributed by atoms with van der Waals surface area (Å²) in [5.74, 6) is -0.295. The molecule has 0 fully saturated rings. The van der Waals surface area contributed by atoms with Gasteiger partial charge in [-0.05, 0) is 37.5 Å². The van der Waals surface area contributed by atoms with Crippen molar-refractivity contribution in [3.8, 4) is 0 Å². The lowest BCUT2D eigenvalue weighted by Crippen LogP contribution is -2.18. The first kappa shape index (κ1) is 14.6. The van der Waals surface area contributed by atoms with E-state index in [9.17, 15) is 9.18 Å². The molecule has 0 bridgehead atoms. The van der Waals surface area contributed by atoms with Gasteiger partial charge >= 0.3 is 0 Å². The summed E-state index contributed by atoms with van der Waals surface area (Å²) in [7, 11) is 5.44. The Kier molecular flexibility index (Phi) is 3.60. The maximum Gasteiger partial charge on any atom is 0.259 e. The van der Waals surface area contributed by atoms with E-state index < -0.39 is 11.7 Å². The van der Waals surface area contributed by atoms with Crippen molar-refractivity contribution < 1.29 is 9.18 Å². The third kappa shape index (κ3) is 2.45. The van der Waals surface area contributed by atoms with E-state index in [1.165, 1.54) is 12.1 Å². The molecule has 3 rings (SSSR count). The molecule has 5 nitrogen and oxygen atoms in total. The van der Waals surface area contributed by atoms with Crippen molar-refractivity contribution >= 4 is 17.4 Å². The van der Waals surface area contributed by atoms with Gasteiger partial charge in [-0.15, -0.1) is 0 Å². The average molecular weight is 302 g/mol. The van der Waals surface area contributed by atoms with Gasteiger partial charge < -0.3 is 10.2 Å². The second-order valence-corrected chi connectivity index (χ2v) is 5.76. The number of nitrogens with zero attached hydrogens (tertiary/aromatic N) is 3. The summed E-state index contributed by atoms with van der Waals surface area (Å²) in [5.41, 5.74) is 2.86. The van der Waals surface area contributed by atoms with Crippen LogP contribution in [0.3, 0.4) is 0 Å². The zero-order valence-corrected chi connectivity index (χ0v) is 13.0. The molecule has 0 aliphatic heterocycles. The number of hydrogen-bond donors (Lipinski definition) is 1. The molecule has 1 aromatic heterocycles. The van der Waals surface area contributed by atoms with Crippen LogP contribution in [0.25, 0.3) is 0 Å². The molecule has 0 unspecified atom stereocenters. The van der Waals surface area contributed by atoms with Crippen LogP contribution in [0.4, 0.5) is 15.9 Å². The SMILES string of the molecule is CN(C)c1ccc(C(=O)Nc2c3c(nn2C)CCC3)c(F)c1. The third-order valence-electron chi connectivity index (χ3n) is 4.01. The summed E-state index contributed by atoms with van der Waals surface area (Å²) in [5, 5.41) is 7.20. The molecule has 1 aromatic carbocycles. The van der Waals surface area contributed by atoms with E-state index in [4.69, 9.17) is 0 Å². The standard InChI is InChI=1S/C16H19FN4O/c1-20(2)10-7-8-11(13(17)9-10)16(22)18-15-12-5-4-6-14(12)19-21(15)3/h7-9H,4-6H2,1-3H3,(H,18,22). The highest BCUT2D eigenvalue weighted by atomic mass is 19.1. The molecular weight excluding hydrogens is 283 g/mol. The van der Waals surface area contributed by atoms with E-state index in [1.807, 2.05) is 14.1 Å². The van der Waals surface area contributed by atoms with Crippen LogP contribution in [0.15, 0.2) is 18.2 Å². The van der Waals surface area contributed by atoms with E-state index in [0.717, 1.165) is 36.2 Å². The van der Waals surface area contributed by atoms with Gasteiger partial charge in [0.15, 0.2) is 0 Å². The highest BCUT2D eigenvalue weighted by molar-refractivity contribution is 6.04. The molecule has 116 valence electrons. The highest BCUT2D eigenvalue weighted by Crippen LogP contribution is 2.28. The number of aryl methyl sites for hydroxylation is 2. The number of aromatic nitrogens is 2. The third-order valence-corrected chi connectivity index (χ3v) is 4.01. The average Bonchev–Trinajstić information content (AvgIpc) is 3.01. The number of anilines is 2. The number of fused-ring (bicyclic) bond motifs is 1. The summed E-state index contributed by atoms with van der Waals surface area (Å²) in [6, 6.07) is 4.60. The van der Waals surface area contributed by atoms with Crippen LogP contribution in [0, 0.1) is 5.82 Å². The maximum atomic E-state index is 14.2. The molecule has 1 heterocycles. The molecule has 0 spiro atoms. The summed E-state index contributed by atoms with van der Waals surface area (Å²) in [6.07, 6.45) is 2.89. The van der Waals surface area contributed by atoms with Crippen molar-refractivity contribution in [2.24, 2.45) is 7.05 Å². The molecule has 0 saturated carbocycles. The highest BCUT2D eigenvalue weighted by Gasteiger charge is 2.23. The first-order chi connectivity index (χ1) is 10.5. The molecule has 6 heteroatoms. The summed E-state index contributed by atoms with van der Waals surface area (Å²) >= 11 is 0. The van der Waals surface area contributed by atoms with Gasteiger partial charge in [0.05, 0.1) is 11.3 Å². The van der Waals surface area contributed by atoms with E-state index in [2.05, 4.69) is 10.4 Å². The normalized spacial score (nSPS) is 13.1. The van der Waals surface area contributed by atoms with Crippen LogP contribution in [-0.2, 0) is 19.9 Å². The minimum absolute atomic E-state index is 0.0403. The van der Waals surface area contributed by atoms with Crippen molar-refractivity contribution in [3.05, 3.63) is 40.8 Å². The lowest BCUT2D eigenvalue weighted by molar-refractivity contribution is 0.102. The molecule has 0 radical (unpaired) electrons. The fraction of sp³-hybridized carbons (Fsp3) is 0.375. The van der Waals surface area contributed by atoms with Gasteiger partial charge in [0.1, 0.15) is 11.6 Å². The molecule has 1 aliphatic rings. The van der Waals surface area contributed by atoms with Crippen LogP contribution in [0.5, 0.6) is 0 Å². The topological polar surface area (TPSA) is 50.2 Å². The van der Waals surface area contributed by atoms with Gasteiger partial charge in [-0.3, -0.25) is 9.48 Å². The number of carbonyl (C=O) groups is 1. The van der Waals surface area contributed by atoms with E-state index in [1.54, 1.807) is 22.7 Å². The first-order valence-corrected chi connectivity index (χ1v) is 7.30. The van der Waals surface area contributed by atoms with E-state index in [-0.39, 0.29) is 5.56 Å². The smallest absolute Gasteiger partial charge is 0.259 e. The van der Waals surface area contributed by atoms with Gasteiger partial charge in [0, 0.05) is 32.4 Å². The van der Waals surface area contributed by atoms with Crippen LogP contribution in [0.1, 0.15) is 28.0 Å². The van der Waals surface area contributed by atoms with Crippen molar-refractivity contribution in [1.29, 1.82) is 0 Å². The number of halogens is 1. The summed E-state index contributed by atoms with van der Waals surface area (Å²) in [6.45, 7) is 0. The zero-order chi connectivity index (χ0) is 15.9. The van der Waals surface area contributed by atoms with E-state index in [0.29, 0.717) is 5.82 Å². The fourth-order valence-corrected chi connectivity index (χ4v) is 2.82. The molecule has 0 atom stereocenters. The minimum atomic E-state index is -0.525. The maximum absolute atomic E-state index is 14.2. The van der Waals surface area contributed by atoms with Crippen molar-refractivity contribution in [2.75, 3.05) is 24.3 Å². The Morgan fingerprint density at radius 3 is 2.82 bits per heavy atom. The van der Waals surface area contributed by atoms with Crippen molar-refractivity contribution in [2.45, 2.75) is 19.3 Å². The van der Waals surface area contributed by atoms with Gasteiger partial charge in [0.25, 0.3) is 5.91 Å². The number of amides is 1. The molecule has 1 N–H and O–H groups in total. The van der Waals surface area contributed by atoms with Gasteiger partial charge in [0.2, 0.25) is 0 Å². The minimum Gasteiger partial charge on any atom is -0.378 e. The number of rotatable bonds is 3. The molecule has 22 heavy (non-hydrogen) atoms. The zero-order valence-electron chi connectivity index (χ0n) is 13.0. The summed E-state index contributed by atoms with van der Waals surface area (Å²) < 4.78 is 15.8. The van der Waals surface area contributed by atoms with Crippen LogP contribution < -0.4 is 10.2 Å². The molecule has 1 amide bonds. The largest absolute Gasteiger partial charge is 0.378 e. The Labute approximate surface area is 128 Å². The molecule has 0 saturated heterocycles. The predicted molar refractivity (Wildman–Crippen MR) is 83.9 cm³/mol. The fourth-order valence-electron chi connectivity index (χ4n) is 2.82. The van der Waals surface area contributed by atoms with Crippen LogP contribution >= 0.6 is 0 Å². The van der Waals surface area contributed by atoms with Crippen molar-refractivity contribution in [1.82, 2.24) is 9.78 Å². The lowest BCUT2D eigenvalue weighted by atomic mass is 10.1. The molecule has 2 aromatic rings. The number of carbonyl (C=O) groups excluding carboxylic acids is 1. The number of benzene rings is 1. The first-order valence-electron chi connectivity index (χ1n) is 7.30. The van der Waals surface area contributed by atoms with Crippen LogP contribution in [-0.4, -0.2) is 29.8 Å². The lowest BCUT2D eigenvalue weighted by Gasteiger charge is -2.14. The molecule has 1 aliphatic carbocycles. The van der Waals surface area contributed by atoms with Gasteiger partial charge in [-0.25, -0.2) is 4.39 Å². The van der Waals surface area contributed by atoms with E-state index >= 15 is 0 Å². The Hall–Kier alpha value is -2.37. The van der Waals surface area contributed by atoms with Crippen LogP contribution in [0.2, 0.25) is 0 Å². The summed E-state index contributed by atoms with van der Waals surface area (Å²) in [4.78, 5) is 14.2. The number of nitrogens with one attached hydrogen (secondary N) is 1. The molecular formula is C16H19FN4O. The predicted octanol–water partition coefficient (Wildman–Crippen LogP) is 2.37. The van der Waals surface area contributed by atoms with Gasteiger partial charge in [-0.2, -0.15) is 5.10 Å². The second-order valence-electron chi connectivity index (χ2n) is 5.76. The number of hydrogen-bond acceptors (Lipinski definition) is 3. The Balaban J connectivity index is 1.86. The quantitative estimate of drug-likeness (QED) is 0.947. The Morgan fingerprint density at radius 2 is 2.14 bits per heavy atom. The second kappa shape index (κ2) is 5.44.